The Labute approximate surface area is 201 Å². The highest BCUT2D eigenvalue weighted by Crippen LogP contribution is 2.47. The Morgan fingerprint density at radius 1 is 1.15 bits per heavy atom. The number of ether oxygens (including phenoxy) is 1. The molecule has 0 radical (unpaired) electrons. The maximum Gasteiger partial charge on any atom is 0.409 e. The number of aromatic nitrogens is 1. The van der Waals surface area contributed by atoms with E-state index in [4.69, 9.17) is 16.3 Å². The first-order valence-electron chi connectivity index (χ1n) is 11.1. The van der Waals surface area contributed by atoms with Crippen molar-refractivity contribution < 1.29 is 19.1 Å². The molecule has 1 atom stereocenters. The molecule has 0 aliphatic carbocycles. The van der Waals surface area contributed by atoms with Crippen LogP contribution >= 0.6 is 22.9 Å². The quantitative estimate of drug-likeness (QED) is 0.661. The van der Waals surface area contributed by atoms with Gasteiger partial charge in [-0.3, -0.25) is 9.59 Å². The molecule has 0 bridgehead atoms. The minimum atomic E-state index is -0.371. The molecule has 1 aromatic carbocycles. The van der Waals surface area contributed by atoms with Crippen molar-refractivity contribution in [2.45, 2.75) is 31.1 Å². The van der Waals surface area contributed by atoms with Crippen LogP contribution in [0, 0.1) is 0 Å². The number of carbonyl (C=O) groups excluding carboxylic acids is 3. The Hall–Kier alpha value is -2.65. The standard InChI is InChI=1S/C23H25ClN4O4S/c1-32-22(31)27-9-6-23(13-27)14-28(17-5-4-15(24)10-16(17)23)20(29)11-19-25-12-18(33-19)21(30)26-7-2-3-8-26/h4-5,10,12H,2-3,6-9,11,13-14H2,1H3. The summed E-state index contributed by atoms with van der Waals surface area (Å²) in [4.78, 5) is 48.3. The molecule has 3 aliphatic rings. The van der Waals surface area contributed by atoms with E-state index in [1.54, 1.807) is 22.1 Å². The van der Waals surface area contributed by atoms with E-state index in [0.29, 0.717) is 34.5 Å². The molecule has 2 fully saturated rings. The number of likely N-dealkylation sites (tertiary alicyclic amines) is 2. The molecule has 3 amide bonds. The molecule has 1 unspecified atom stereocenters. The second-order valence-corrected chi connectivity index (χ2v) is 10.4. The molecule has 2 saturated heterocycles. The Balaban J connectivity index is 1.35. The number of nitrogens with zero attached hydrogens (tertiary/aromatic N) is 4. The molecule has 0 saturated carbocycles. The zero-order valence-corrected chi connectivity index (χ0v) is 20.0. The van der Waals surface area contributed by atoms with Gasteiger partial charge in [-0.25, -0.2) is 9.78 Å². The van der Waals surface area contributed by atoms with E-state index in [0.717, 1.165) is 43.6 Å². The smallest absolute Gasteiger partial charge is 0.409 e. The highest BCUT2D eigenvalue weighted by Gasteiger charge is 2.50. The highest BCUT2D eigenvalue weighted by molar-refractivity contribution is 7.13. The third kappa shape index (κ3) is 3.97. The van der Waals surface area contributed by atoms with Gasteiger partial charge in [-0.05, 0) is 43.0 Å². The van der Waals surface area contributed by atoms with Crippen LogP contribution in [0.5, 0.6) is 0 Å². The molecule has 1 aromatic heterocycles. The lowest BCUT2D eigenvalue weighted by Crippen LogP contribution is -2.40. The van der Waals surface area contributed by atoms with E-state index >= 15 is 0 Å². The van der Waals surface area contributed by atoms with Gasteiger partial charge in [-0.1, -0.05) is 11.6 Å². The van der Waals surface area contributed by atoms with Gasteiger partial charge in [0.05, 0.1) is 19.7 Å². The van der Waals surface area contributed by atoms with Crippen molar-refractivity contribution in [2.75, 3.05) is 44.7 Å². The average molecular weight is 489 g/mol. The van der Waals surface area contributed by atoms with Gasteiger partial charge in [0.25, 0.3) is 5.91 Å². The van der Waals surface area contributed by atoms with Gasteiger partial charge in [-0.15, -0.1) is 11.3 Å². The number of fused-ring (bicyclic) bond motifs is 2. The highest BCUT2D eigenvalue weighted by atomic mass is 35.5. The summed E-state index contributed by atoms with van der Waals surface area (Å²) in [6, 6.07) is 5.55. The normalized spacial score (nSPS) is 21.7. The van der Waals surface area contributed by atoms with E-state index in [1.165, 1.54) is 18.4 Å². The number of amides is 3. The molecule has 10 heteroatoms. The molecule has 8 nitrogen and oxygen atoms in total. The van der Waals surface area contributed by atoms with E-state index in [-0.39, 0.29) is 29.7 Å². The van der Waals surface area contributed by atoms with Crippen molar-refractivity contribution >= 4 is 46.5 Å². The minimum Gasteiger partial charge on any atom is -0.453 e. The molecule has 2 aromatic rings. The Morgan fingerprint density at radius 3 is 2.70 bits per heavy atom. The number of anilines is 1. The van der Waals surface area contributed by atoms with Crippen LogP contribution in [0.2, 0.25) is 5.02 Å². The van der Waals surface area contributed by atoms with Gasteiger partial charge in [0.1, 0.15) is 9.88 Å². The van der Waals surface area contributed by atoms with Gasteiger partial charge in [0, 0.05) is 48.8 Å². The topological polar surface area (TPSA) is 83.0 Å². The molecule has 4 heterocycles. The number of methoxy groups -OCH3 is 1. The van der Waals surface area contributed by atoms with Crippen molar-refractivity contribution in [3.05, 3.63) is 44.9 Å². The lowest BCUT2D eigenvalue weighted by Gasteiger charge is -2.25. The second kappa shape index (κ2) is 8.61. The van der Waals surface area contributed by atoms with Crippen LogP contribution in [0.15, 0.2) is 24.4 Å². The molecule has 0 N–H and O–H groups in total. The fourth-order valence-electron chi connectivity index (χ4n) is 5.16. The number of benzene rings is 1. The number of rotatable bonds is 3. The molecular weight excluding hydrogens is 464 g/mol. The molecular formula is C23H25ClN4O4S. The van der Waals surface area contributed by atoms with Crippen molar-refractivity contribution in [2.24, 2.45) is 0 Å². The predicted octanol–water partition coefficient (Wildman–Crippen LogP) is 3.33. The summed E-state index contributed by atoms with van der Waals surface area (Å²) in [6.07, 6.45) is 4.13. The molecule has 1 spiro atoms. The van der Waals surface area contributed by atoms with Crippen LogP contribution in [0.3, 0.4) is 0 Å². The molecule has 174 valence electrons. The zero-order valence-electron chi connectivity index (χ0n) is 18.4. The minimum absolute atomic E-state index is 0.00216. The number of thiazole rings is 1. The summed E-state index contributed by atoms with van der Waals surface area (Å²) in [5, 5.41) is 1.23. The van der Waals surface area contributed by atoms with Crippen molar-refractivity contribution in [3.8, 4) is 0 Å². The summed E-state index contributed by atoms with van der Waals surface area (Å²) < 4.78 is 4.90. The maximum absolute atomic E-state index is 13.4. The van der Waals surface area contributed by atoms with E-state index in [2.05, 4.69) is 4.98 Å². The summed E-state index contributed by atoms with van der Waals surface area (Å²) in [7, 11) is 1.37. The maximum atomic E-state index is 13.4. The Morgan fingerprint density at radius 2 is 1.94 bits per heavy atom. The number of hydrogen-bond acceptors (Lipinski definition) is 6. The van der Waals surface area contributed by atoms with Gasteiger partial charge < -0.3 is 19.4 Å². The fraction of sp³-hybridized carbons (Fsp3) is 0.478. The number of carbonyl (C=O) groups is 3. The summed E-state index contributed by atoms with van der Waals surface area (Å²) in [5.74, 6) is -0.0841. The van der Waals surface area contributed by atoms with Crippen LogP contribution in [0.1, 0.15) is 39.5 Å². The molecule has 5 rings (SSSR count). The van der Waals surface area contributed by atoms with E-state index in [1.807, 2.05) is 17.0 Å². The number of hydrogen-bond donors (Lipinski definition) is 0. The monoisotopic (exact) mass is 488 g/mol. The van der Waals surface area contributed by atoms with Crippen LogP contribution in [0.25, 0.3) is 0 Å². The third-order valence-corrected chi connectivity index (χ3v) is 8.05. The SMILES string of the molecule is COC(=O)N1CCC2(C1)CN(C(=O)Cc1ncc(C(=O)N3CCCC3)s1)c1ccc(Cl)cc12. The zero-order chi connectivity index (χ0) is 23.2. The van der Waals surface area contributed by atoms with Crippen molar-refractivity contribution in [1.82, 2.24) is 14.8 Å². The van der Waals surface area contributed by atoms with E-state index in [9.17, 15) is 14.4 Å². The van der Waals surface area contributed by atoms with Gasteiger partial charge in [-0.2, -0.15) is 0 Å². The van der Waals surface area contributed by atoms with Gasteiger partial charge in [0.15, 0.2) is 0 Å². The van der Waals surface area contributed by atoms with Crippen LogP contribution in [-0.2, 0) is 21.4 Å². The van der Waals surface area contributed by atoms with Crippen molar-refractivity contribution in [3.63, 3.8) is 0 Å². The van der Waals surface area contributed by atoms with Crippen LogP contribution < -0.4 is 4.90 Å². The molecule has 33 heavy (non-hydrogen) atoms. The van der Waals surface area contributed by atoms with Gasteiger partial charge in [0.2, 0.25) is 5.91 Å². The molecule has 3 aliphatic heterocycles. The average Bonchev–Trinajstić information content (AvgIpc) is 3.61. The summed E-state index contributed by atoms with van der Waals surface area (Å²) in [6.45, 7) is 3.07. The van der Waals surface area contributed by atoms with Crippen molar-refractivity contribution in [1.29, 1.82) is 0 Å². The lowest BCUT2D eigenvalue weighted by molar-refractivity contribution is -0.118. The Kier molecular flexibility index (Phi) is 5.78. The summed E-state index contributed by atoms with van der Waals surface area (Å²) in [5.41, 5.74) is 1.43. The first kappa shape index (κ1) is 22.2. The first-order chi connectivity index (χ1) is 15.9. The van der Waals surface area contributed by atoms with E-state index < -0.39 is 0 Å². The second-order valence-electron chi connectivity index (χ2n) is 8.86. The fourth-order valence-corrected chi connectivity index (χ4v) is 6.21. The van der Waals surface area contributed by atoms with Gasteiger partial charge >= 0.3 is 6.09 Å². The third-order valence-electron chi connectivity index (χ3n) is 6.83. The van der Waals surface area contributed by atoms with Crippen LogP contribution in [0.4, 0.5) is 10.5 Å². The Bertz CT molecular complexity index is 1120. The van der Waals surface area contributed by atoms with Crippen LogP contribution in [-0.4, -0.2) is 72.5 Å². The summed E-state index contributed by atoms with van der Waals surface area (Å²) >= 11 is 7.59. The number of halogens is 1. The predicted molar refractivity (Wildman–Crippen MR) is 125 cm³/mol. The largest absolute Gasteiger partial charge is 0.453 e. The lowest BCUT2D eigenvalue weighted by atomic mass is 9.81. The first-order valence-corrected chi connectivity index (χ1v) is 12.3.